The third kappa shape index (κ3) is 5.49. The maximum atomic E-state index is 13.6. The lowest BCUT2D eigenvalue weighted by molar-refractivity contribution is -0.143. The van der Waals surface area contributed by atoms with Crippen molar-refractivity contribution in [1.29, 1.82) is 0 Å². The Hall–Kier alpha value is -3.38. The summed E-state index contributed by atoms with van der Waals surface area (Å²) in [7, 11) is 1.60. The largest absolute Gasteiger partial charge is 0.497 e. The summed E-state index contributed by atoms with van der Waals surface area (Å²) in [5, 5.41) is 4.97. The topological polar surface area (TPSA) is 95.0 Å². The molecule has 0 aliphatic carbocycles. The van der Waals surface area contributed by atoms with E-state index in [1.54, 1.807) is 18.0 Å². The van der Waals surface area contributed by atoms with Crippen LogP contribution in [0.2, 0.25) is 0 Å². The number of hydrogen-bond donors (Lipinski definition) is 1. The fraction of sp³-hybridized carbons (Fsp3) is 0.360. The number of fused-ring (bicyclic) bond motifs is 1. The van der Waals surface area contributed by atoms with Gasteiger partial charge in [0, 0.05) is 29.7 Å². The molecule has 0 saturated carbocycles. The van der Waals surface area contributed by atoms with Crippen molar-refractivity contribution >= 4 is 28.7 Å². The zero-order chi connectivity index (χ0) is 26.2. The van der Waals surface area contributed by atoms with E-state index in [2.05, 4.69) is 20.0 Å². The van der Waals surface area contributed by atoms with Gasteiger partial charge in [-0.25, -0.2) is 14.6 Å². The second kappa shape index (κ2) is 9.82. The Balaban J connectivity index is 1.54. The molecule has 1 fully saturated rings. The van der Waals surface area contributed by atoms with Crippen LogP contribution in [0.15, 0.2) is 58.7 Å². The van der Waals surface area contributed by atoms with E-state index in [0.29, 0.717) is 28.6 Å². The maximum absolute atomic E-state index is 13.6. The van der Waals surface area contributed by atoms with Gasteiger partial charge in [0.25, 0.3) is 0 Å². The number of alkyl halides is 3. The van der Waals surface area contributed by atoms with E-state index in [1.165, 1.54) is 12.1 Å². The highest BCUT2D eigenvalue weighted by Gasteiger charge is 2.36. The normalized spacial score (nSPS) is 15.8. The summed E-state index contributed by atoms with van der Waals surface area (Å²) in [6.07, 6.45) is -0.168. The second-order valence-electron chi connectivity index (χ2n) is 9.30. The van der Waals surface area contributed by atoms with Crippen molar-refractivity contribution < 1.29 is 17.9 Å². The van der Waals surface area contributed by atoms with Crippen LogP contribution in [0.25, 0.3) is 11.2 Å². The molecule has 1 saturated heterocycles. The minimum atomic E-state index is -4.59. The first kappa shape index (κ1) is 25.3. The average molecular weight is 530 g/mol. The van der Waals surface area contributed by atoms with E-state index in [4.69, 9.17) is 15.5 Å². The quantitative estimate of drug-likeness (QED) is 0.382. The van der Waals surface area contributed by atoms with Gasteiger partial charge in [0.15, 0.2) is 16.4 Å². The number of halogens is 3. The first-order valence-electron chi connectivity index (χ1n) is 11.7. The minimum absolute atomic E-state index is 0.0462. The maximum Gasteiger partial charge on any atom is 0.434 e. The van der Waals surface area contributed by atoms with Crippen molar-refractivity contribution in [2.24, 2.45) is 5.73 Å². The van der Waals surface area contributed by atoms with Crippen molar-refractivity contribution in [3.05, 3.63) is 60.0 Å². The van der Waals surface area contributed by atoms with Gasteiger partial charge in [-0.1, -0.05) is 23.9 Å². The van der Waals surface area contributed by atoms with Crippen LogP contribution < -0.4 is 15.4 Å². The summed E-state index contributed by atoms with van der Waals surface area (Å²) in [6, 6.07) is 10.4. The molecule has 2 N–H and O–H groups in total. The third-order valence-corrected chi connectivity index (χ3v) is 7.38. The summed E-state index contributed by atoms with van der Waals surface area (Å²) < 4.78 is 47.6. The number of piperidine rings is 1. The molecule has 37 heavy (non-hydrogen) atoms. The van der Waals surface area contributed by atoms with Gasteiger partial charge >= 0.3 is 6.18 Å². The van der Waals surface area contributed by atoms with Gasteiger partial charge in [-0.15, -0.1) is 0 Å². The second-order valence-corrected chi connectivity index (χ2v) is 10.3. The van der Waals surface area contributed by atoms with Gasteiger partial charge in [-0.3, -0.25) is 4.98 Å². The van der Waals surface area contributed by atoms with Gasteiger partial charge in [0.1, 0.15) is 17.1 Å². The van der Waals surface area contributed by atoms with Crippen LogP contribution in [0, 0.1) is 0 Å². The number of aromatic nitrogens is 5. The molecule has 8 nitrogen and oxygen atoms in total. The first-order chi connectivity index (χ1) is 17.6. The predicted molar refractivity (Wildman–Crippen MR) is 135 cm³/mol. The number of methoxy groups -OCH3 is 1. The van der Waals surface area contributed by atoms with Crippen molar-refractivity contribution in [3.8, 4) is 5.75 Å². The van der Waals surface area contributed by atoms with E-state index in [1.807, 2.05) is 31.2 Å². The number of rotatable bonds is 6. The van der Waals surface area contributed by atoms with Crippen LogP contribution in [0.1, 0.15) is 31.0 Å². The fourth-order valence-electron chi connectivity index (χ4n) is 4.18. The number of hydrogen-bond acceptors (Lipinski definition) is 8. The van der Waals surface area contributed by atoms with Gasteiger partial charge in [-0.05, 0) is 49.6 Å². The molecule has 0 spiro atoms. The highest BCUT2D eigenvalue weighted by molar-refractivity contribution is 7.99. The van der Waals surface area contributed by atoms with Crippen LogP contribution in [0.3, 0.4) is 0 Å². The standard InChI is InChI=1S/C25H26F3N7OS/c1-24(29)9-12-34(13-10-24)19-14-31-20-22(32-19)35(15-16-5-7-17(36-2)8-6-16)33-23(20)37-18-4-3-11-30-21(18)25(26,27)28/h3-8,11,14H,9-10,12-13,15,29H2,1-2H3. The Kier molecular flexibility index (Phi) is 6.71. The number of pyridine rings is 1. The Labute approximate surface area is 216 Å². The highest BCUT2D eigenvalue weighted by atomic mass is 32.2. The van der Waals surface area contributed by atoms with Crippen molar-refractivity contribution in [1.82, 2.24) is 24.7 Å². The van der Waals surface area contributed by atoms with Gasteiger partial charge in [-0.2, -0.15) is 18.3 Å². The van der Waals surface area contributed by atoms with Crippen molar-refractivity contribution in [3.63, 3.8) is 0 Å². The van der Waals surface area contributed by atoms with Gasteiger partial charge < -0.3 is 15.4 Å². The molecule has 3 aromatic heterocycles. The zero-order valence-electron chi connectivity index (χ0n) is 20.4. The van der Waals surface area contributed by atoms with Crippen LogP contribution in [-0.4, -0.2) is 50.5 Å². The lowest BCUT2D eigenvalue weighted by Gasteiger charge is -2.37. The molecule has 4 heterocycles. The molecule has 0 radical (unpaired) electrons. The molecule has 194 valence electrons. The number of anilines is 1. The molecular formula is C25H26F3N7OS. The van der Waals surface area contributed by atoms with Gasteiger partial charge in [0.05, 0.1) is 19.9 Å². The molecule has 1 aliphatic heterocycles. The molecule has 0 atom stereocenters. The molecule has 1 aliphatic rings. The van der Waals surface area contributed by atoms with Gasteiger partial charge in [0.2, 0.25) is 0 Å². The number of nitrogens with zero attached hydrogens (tertiary/aromatic N) is 6. The summed E-state index contributed by atoms with van der Waals surface area (Å²) in [5.74, 6) is 1.41. The third-order valence-electron chi connectivity index (χ3n) is 6.37. The number of nitrogens with two attached hydrogens (primary N) is 1. The Bertz CT molecular complexity index is 1400. The summed E-state index contributed by atoms with van der Waals surface area (Å²) in [5.41, 5.74) is 6.97. The van der Waals surface area contributed by atoms with E-state index >= 15 is 0 Å². The van der Waals surface area contributed by atoms with Crippen LogP contribution >= 0.6 is 11.8 Å². The Morgan fingerprint density at radius 1 is 1.11 bits per heavy atom. The molecule has 5 rings (SSSR count). The smallest absolute Gasteiger partial charge is 0.434 e. The lowest BCUT2D eigenvalue weighted by atomic mass is 9.91. The molecule has 0 bridgehead atoms. The fourth-order valence-corrected chi connectivity index (χ4v) is 5.18. The summed E-state index contributed by atoms with van der Waals surface area (Å²) in [4.78, 5) is 15.1. The van der Waals surface area contributed by atoms with Crippen LogP contribution in [0.5, 0.6) is 5.75 Å². The predicted octanol–water partition coefficient (Wildman–Crippen LogP) is 4.77. The minimum Gasteiger partial charge on any atom is -0.497 e. The highest BCUT2D eigenvalue weighted by Crippen LogP contribution is 2.39. The number of ether oxygens (including phenoxy) is 1. The van der Waals surface area contributed by atoms with E-state index in [-0.39, 0.29) is 10.4 Å². The zero-order valence-corrected chi connectivity index (χ0v) is 21.2. The summed E-state index contributed by atoms with van der Waals surface area (Å²) in [6.45, 7) is 3.89. The Morgan fingerprint density at radius 3 is 2.51 bits per heavy atom. The SMILES string of the molecule is COc1ccc(Cn2nc(Sc3cccnc3C(F)(F)F)c3ncc(N4CCC(C)(N)CC4)nc32)cc1. The van der Waals surface area contributed by atoms with Crippen LogP contribution in [0.4, 0.5) is 19.0 Å². The molecule has 0 amide bonds. The molecule has 1 aromatic carbocycles. The first-order valence-corrected chi connectivity index (χ1v) is 12.5. The van der Waals surface area contributed by atoms with Crippen molar-refractivity contribution in [2.75, 3.05) is 25.1 Å². The van der Waals surface area contributed by atoms with Crippen LogP contribution in [-0.2, 0) is 12.7 Å². The molecule has 0 unspecified atom stereocenters. The molecule has 12 heteroatoms. The lowest BCUT2D eigenvalue weighted by Crippen LogP contribution is -2.48. The average Bonchev–Trinajstić information content (AvgIpc) is 3.20. The van der Waals surface area contributed by atoms with E-state index < -0.39 is 11.9 Å². The van der Waals surface area contributed by atoms with E-state index in [0.717, 1.165) is 55.2 Å². The van der Waals surface area contributed by atoms with Crippen molar-refractivity contribution in [2.45, 2.75) is 47.9 Å². The molecular weight excluding hydrogens is 503 g/mol. The van der Waals surface area contributed by atoms with E-state index in [9.17, 15) is 13.2 Å². The Morgan fingerprint density at radius 2 is 1.84 bits per heavy atom. The molecule has 4 aromatic rings. The number of benzene rings is 1. The summed E-state index contributed by atoms with van der Waals surface area (Å²) >= 11 is 0.882. The monoisotopic (exact) mass is 529 g/mol.